The van der Waals surface area contributed by atoms with Crippen LogP contribution in [0.3, 0.4) is 0 Å². The quantitative estimate of drug-likeness (QED) is 0.516. The van der Waals surface area contributed by atoms with E-state index >= 15 is 0 Å². The highest BCUT2D eigenvalue weighted by Crippen LogP contribution is 2.24. The number of Topliss-reactive ketones (excluding diaryl/α,β-unsaturated/α-hetero) is 1. The molecule has 0 radical (unpaired) electrons. The van der Waals surface area contributed by atoms with Crippen LogP contribution in [0.5, 0.6) is 0 Å². The summed E-state index contributed by atoms with van der Waals surface area (Å²) in [5.74, 6) is -1.13. The van der Waals surface area contributed by atoms with Crippen LogP contribution in [-0.4, -0.2) is 41.4 Å². The maximum atomic E-state index is 11.3. The molecule has 2 unspecified atom stereocenters. The molecule has 0 spiro atoms. The van der Waals surface area contributed by atoms with Gasteiger partial charge in [-0.2, -0.15) is 0 Å². The Bertz CT molecular complexity index is 485. The first-order chi connectivity index (χ1) is 9.79. The maximum Gasteiger partial charge on any atom is 0.189 e. The van der Waals surface area contributed by atoms with Gasteiger partial charge in [0.2, 0.25) is 0 Å². The van der Waals surface area contributed by atoms with Crippen LogP contribution in [0, 0.1) is 0 Å². The molecule has 118 valence electrons. The summed E-state index contributed by atoms with van der Waals surface area (Å²) in [5, 5.41) is 18.9. The molecule has 1 aromatic carbocycles. The average molecular weight is 318 g/mol. The molecular formula is C12H15O8P-2. The zero-order valence-corrected chi connectivity index (χ0v) is 11.8. The Hall–Kier alpha value is -1.12. The summed E-state index contributed by atoms with van der Waals surface area (Å²) in [6, 6.07) is 9.01. The van der Waals surface area contributed by atoms with Crippen molar-refractivity contribution in [3.63, 3.8) is 0 Å². The van der Waals surface area contributed by atoms with E-state index in [-0.39, 0.29) is 13.2 Å². The molecule has 21 heavy (non-hydrogen) atoms. The molecule has 0 aliphatic carbocycles. The Balaban J connectivity index is 2.32. The zero-order valence-electron chi connectivity index (χ0n) is 11.0. The molecule has 0 heterocycles. The average Bonchev–Trinajstić information content (AvgIpc) is 2.44. The van der Waals surface area contributed by atoms with Crippen molar-refractivity contribution in [1.29, 1.82) is 0 Å². The van der Waals surface area contributed by atoms with Gasteiger partial charge in [-0.15, -0.1) is 0 Å². The molecule has 0 aliphatic heterocycles. The SMILES string of the molecule is O=C(COP(=O)([O-])[O-])C(O)C(O)COCc1ccccc1. The van der Waals surface area contributed by atoms with E-state index < -0.39 is 32.4 Å². The second-order valence-electron chi connectivity index (χ2n) is 4.20. The van der Waals surface area contributed by atoms with Gasteiger partial charge in [0.1, 0.15) is 18.8 Å². The van der Waals surface area contributed by atoms with Crippen molar-refractivity contribution in [2.75, 3.05) is 13.2 Å². The third-order valence-electron chi connectivity index (χ3n) is 2.46. The second-order valence-corrected chi connectivity index (χ2v) is 5.35. The summed E-state index contributed by atoms with van der Waals surface area (Å²) in [5.41, 5.74) is 0.840. The number of phosphoric acid groups is 1. The molecule has 0 bridgehead atoms. The molecule has 1 rings (SSSR count). The van der Waals surface area contributed by atoms with Crippen LogP contribution >= 0.6 is 7.82 Å². The van der Waals surface area contributed by atoms with E-state index in [1.807, 2.05) is 6.07 Å². The van der Waals surface area contributed by atoms with E-state index in [2.05, 4.69) is 4.52 Å². The third-order valence-corrected chi connectivity index (χ3v) is 2.90. The van der Waals surface area contributed by atoms with Crippen molar-refractivity contribution in [2.24, 2.45) is 0 Å². The summed E-state index contributed by atoms with van der Waals surface area (Å²) in [6.45, 7) is -1.29. The number of ketones is 1. The molecule has 0 saturated heterocycles. The Morgan fingerprint density at radius 3 is 2.43 bits per heavy atom. The minimum Gasteiger partial charge on any atom is -0.790 e. The van der Waals surface area contributed by atoms with Gasteiger partial charge in [0.15, 0.2) is 5.78 Å². The van der Waals surface area contributed by atoms with E-state index in [1.165, 1.54) is 0 Å². The highest BCUT2D eigenvalue weighted by molar-refractivity contribution is 7.43. The molecular weight excluding hydrogens is 303 g/mol. The molecule has 0 aliphatic rings. The van der Waals surface area contributed by atoms with Crippen molar-refractivity contribution in [3.8, 4) is 0 Å². The number of aliphatic hydroxyl groups excluding tert-OH is 2. The topological polar surface area (TPSA) is 139 Å². The molecule has 0 saturated carbocycles. The van der Waals surface area contributed by atoms with E-state index in [0.717, 1.165) is 5.56 Å². The molecule has 2 atom stereocenters. The van der Waals surface area contributed by atoms with Crippen molar-refractivity contribution < 1.29 is 38.6 Å². The van der Waals surface area contributed by atoms with E-state index in [0.29, 0.717) is 0 Å². The van der Waals surface area contributed by atoms with Gasteiger partial charge in [0.25, 0.3) is 0 Å². The fourth-order valence-electron chi connectivity index (χ4n) is 1.41. The Morgan fingerprint density at radius 1 is 1.24 bits per heavy atom. The van der Waals surface area contributed by atoms with Gasteiger partial charge >= 0.3 is 0 Å². The highest BCUT2D eigenvalue weighted by Gasteiger charge is 2.24. The lowest BCUT2D eigenvalue weighted by Crippen LogP contribution is -2.39. The molecule has 0 fully saturated rings. The van der Waals surface area contributed by atoms with E-state index in [9.17, 15) is 29.4 Å². The van der Waals surface area contributed by atoms with Crippen LogP contribution in [0.1, 0.15) is 5.56 Å². The van der Waals surface area contributed by atoms with Crippen LogP contribution in [0.4, 0.5) is 0 Å². The standard InChI is InChI=1S/C12H17O8P/c13-10(7-19-6-9-4-2-1-3-5-9)12(15)11(14)8-20-21(16,17)18/h1-5,10,12-13,15H,6-8H2,(H2,16,17,18)/p-2. The number of hydrogen-bond donors (Lipinski definition) is 2. The molecule has 8 nitrogen and oxygen atoms in total. The van der Waals surface area contributed by atoms with Crippen LogP contribution in [-0.2, 0) is 25.2 Å². The Kier molecular flexibility index (Phi) is 7.13. The van der Waals surface area contributed by atoms with Crippen LogP contribution in [0.25, 0.3) is 0 Å². The smallest absolute Gasteiger partial charge is 0.189 e. The maximum absolute atomic E-state index is 11.3. The van der Waals surface area contributed by atoms with Crippen molar-refractivity contribution >= 4 is 13.6 Å². The van der Waals surface area contributed by atoms with Gasteiger partial charge in [-0.25, -0.2) is 0 Å². The normalized spacial score (nSPS) is 14.7. The lowest BCUT2D eigenvalue weighted by atomic mass is 10.1. The summed E-state index contributed by atoms with van der Waals surface area (Å²) < 4.78 is 19.0. The fourth-order valence-corrected chi connectivity index (χ4v) is 1.69. The number of ether oxygens (including phenoxy) is 1. The molecule has 0 amide bonds. The summed E-state index contributed by atoms with van der Waals surface area (Å²) >= 11 is 0. The van der Waals surface area contributed by atoms with Crippen LogP contribution in [0.2, 0.25) is 0 Å². The van der Waals surface area contributed by atoms with Gasteiger partial charge in [0.05, 0.1) is 21.0 Å². The first-order valence-corrected chi connectivity index (χ1v) is 7.43. The third kappa shape index (κ3) is 7.45. The largest absolute Gasteiger partial charge is 0.790 e. The van der Waals surface area contributed by atoms with Gasteiger partial charge in [-0.1, -0.05) is 30.3 Å². The number of carbonyl (C=O) groups excluding carboxylic acids is 1. The van der Waals surface area contributed by atoms with Crippen LogP contribution in [0.15, 0.2) is 30.3 Å². The summed E-state index contributed by atoms with van der Waals surface area (Å²) in [6.07, 6.45) is -3.45. The second kappa shape index (κ2) is 8.35. The van der Waals surface area contributed by atoms with E-state index in [1.54, 1.807) is 24.3 Å². The predicted molar refractivity (Wildman–Crippen MR) is 66.7 cm³/mol. The molecule has 1 aromatic rings. The number of phosphoric ester groups is 1. The van der Waals surface area contributed by atoms with Gasteiger partial charge in [0, 0.05) is 0 Å². The summed E-state index contributed by atoms with van der Waals surface area (Å²) in [4.78, 5) is 31.6. The van der Waals surface area contributed by atoms with Crippen molar-refractivity contribution in [2.45, 2.75) is 18.8 Å². The molecule has 0 aromatic heterocycles. The van der Waals surface area contributed by atoms with Crippen molar-refractivity contribution in [1.82, 2.24) is 0 Å². The molecule has 2 N–H and O–H groups in total. The first-order valence-electron chi connectivity index (χ1n) is 5.96. The number of benzene rings is 1. The number of rotatable bonds is 9. The highest BCUT2D eigenvalue weighted by atomic mass is 31.2. The lowest BCUT2D eigenvalue weighted by Gasteiger charge is -2.28. The monoisotopic (exact) mass is 318 g/mol. The molecule has 9 heteroatoms. The van der Waals surface area contributed by atoms with Gasteiger partial charge in [-0.3, -0.25) is 4.79 Å². The fraction of sp³-hybridized carbons (Fsp3) is 0.417. The lowest BCUT2D eigenvalue weighted by molar-refractivity contribution is -0.341. The predicted octanol–water partition coefficient (Wildman–Crippen LogP) is -1.66. The van der Waals surface area contributed by atoms with E-state index in [4.69, 9.17) is 4.74 Å². The zero-order chi connectivity index (χ0) is 15.9. The van der Waals surface area contributed by atoms with Gasteiger partial charge in [-0.05, 0) is 5.56 Å². The van der Waals surface area contributed by atoms with Gasteiger partial charge < -0.3 is 33.8 Å². The van der Waals surface area contributed by atoms with Crippen LogP contribution < -0.4 is 9.79 Å². The number of hydrogen-bond acceptors (Lipinski definition) is 8. The minimum absolute atomic E-state index is 0.172. The Labute approximate surface area is 121 Å². The Morgan fingerprint density at radius 2 is 1.86 bits per heavy atom. The minimum atomic E-state index is -5.30. The first kappa shape index (κ1) is 17.9. The van der Waals surface area contributed by atoms with Crippen molar-refractivity contribution in [3.05, 3.63) is 35.9 Å². The number of aliphatic hydroxyl groups is 2. The number of carbonyl (C=O) groups is 1. The summed E-state index contributed by atoms with van der Waals surface area (Å²) in [7, 11) is -5.30.